The Bertz CT molecular complexity index is 480. The summed E-state index contributed by atoms with van der Waals surface area (Å²) in [5.74, 6) is -1.59. The molecule has 5 heteroatoms. The van der Waals surface area contributed by atoms with Crippen LogP contribution in [0.25, 0.3) is 0 Å². The van der Waals surface area contributed by atoms with Crippen molar-refractivity contribution in [2.24, 2.45) is 5.92 Å². The van der Waals surface area contributed by atoms with E-state index in [2.05, 4.69) is 5.32 Å². The third-order valence-corrected chi connectivity index (χ3v) is 3.29. The molecule has 110 valence electrons. The van der Waals surface area contributed by atoms with E-state index in [1.165, 1.54) is 4.90 Å². The second kappa shape index (κ2) is 6.93. The first-order valence-corrected chi connectivity index (χ1v) is 6.59. The van der Waals surface area contributed by atoms with Gasteiger partial charge in [0.1, 0.15) is 0 Å². The first-order valence-electron chi connectivity index (χ1n) is 6.59. The van der Waals surface area contributed by atoms with E-state index >= 15 is 0 Å². The number of likely N-dealkylation sites (N-methyl/N-ethyl adjacent to an activating group) is 1. The molecule has 0 aliphatic heterocycles. The average molecular weight is 278 g/mol. The van der Waals surface area contributed by atoms with Gasteiger partial charge in [0.05, 0.1) is 12.5 Å². The Hall–Kier alpha value is -2.04. The lowest BCUT2D eigenvalue weighted by Gasteiger charge is -2.20. The molecule has 1 rings (SSSR count). The normalized spacial score (nSPS) is 11.8. The van der Waals surface area contributed by atoms with Gasteiger partial charge in [-0.25, -0.2) is 0 Å². The number of carboxylic acids is 1. The minimum absolute atomic E-state index is 0.124. The van der Waals surface area contributed by atoms with E-state index in [0.717, 1.165) is 16.8 Å². The zero-order valence-corrected chi connectivity index (χ0v) is 12.4. The van der Waals surface area contributed by atoms with Crippen LogP contribution in [-0.2, 0) is 9.59 Å². The zero-order chi connectivity index (χ0) is 15.3. The molecule has 0 saturated heterocycles. The summed E-state index contributed by atoms with van der Waals surface area (Å²) in [4.78, 5) is 24.2. The summed E-state index contributed by atoms with van der Waals surface area (Å²) >= 11 is 0. The minimum atomic E-state index is -0.896. The second-order valence-electron chi connectivity index (χ2n) is 5.13. The molecule has 0 aliphatic rings. The van der Waals surface area contributed by atoms with E-state index in [1.807, 2.05) is 32.0 Å². The maximum Gasteiger partial charge on any atom is 0.308 e. The maximum atomic E-state index is 12.0. The number of rotatable bonds is 6. The van der Waals surface area contributed by atoms with Crippen LogP contribution in [0.3, 0.4) is 0 Å². The van der Waals surface area contributed by atoms with Crippen LogP contribution in [0.15, 0.2) is 18.2 Å². The third kappa shape index (κ3) is 4.26. The molecule has 2 N–H and O–H groups in total. The highest BCUT2D eigenvalue weighted by atomic mass is 16.4. The summed E-state index contributed by atoms with van der Waals surface area (Å²) in [6, 6.07) is 5.93. The lowest BCUT2D eigenvalue weighted by Crippen LogP contribution is -2.37. The first kappa shape index (κ1) is 16.0. The zero-order valence-electron chi connectivity index (χ0n) is 12.4. The SMILES string of the molecule is Cc1cccc(C)c1NCC(=O)N(C)CC(C)C(=O)O. The molecular weight excluding hydrogens is 256 g/mol. The van der Waals surface area contributed by atoms with Crippen LogP contribution in [0, 0.1) is 19.8 Å². The predicted octanol–water partition coefficient (Wildman–Crippen LogP) is 1.89. The van der Waals surface area contributed by atoms with Gasteiger partial charge in [0.25, 0.3) is 0 Å². The summed E-state index contributed by atoms with van der Waals surface area (Å²) in [5, 5.41) is 12.0. The summed E-state index contributed by atoms with van der Waals surface area (Å²) in [5.41, 5.74) is 3.12. The Morgan fingerprint density at radius 1 is 1.30 bits per heavy atom. The van der Waals surface area contributed by atoms with Crippen LogP contribution >= 0.6 is 0 Å². The number of carbonyl (C=O) groups is 2. The quantitative estimate of drug-likeness (QED) is 0.833. The summed E-state index contributed by atoms with van der Waals surface area (Å²) in [6.45, 7) is 5.92. The van der Waals surface area contributed by atoms with Gasteiger partial charge in [-0.15, -0.1) is 0 Å². The Labute approximate surface area is 119 Å². The summed E-state index contributed by atoms with van der Waals surface area (Å²) in [6.07, 6.45) is 0. The molecule has 0 spiro atoms. The predicted molar refractivity (Wildman–Crippen MR) is 78.8 cm³/mol. The van der Waals surface area contributed by atoms with Crippen LogP contribution in [0.2, 0.25) is 0 Å². The molecule has 0 aliphatic carbocycles. The van der Waals surface area contributed by atoms with Crippen LogP contribution in [0.5, 0.6) is 0 Å². The molecule has 0 radical (unpaired) electrons. The highest BCUT2D eigenvalue weighted by Crippen LogP contribution is 2.18. The Morgan fingerprint density at radius 2 is 1.85 bits per heavy atom. The molecule has 1 aromatic rings. The van der Waals surface area contributed by atoms with Crippen molar-refractivity contribution in [3.63, 3.8) is 0 Å². The van der Waals surface area contributed by atoms with E-state index in [0.29, 0.717) is 0 Å². The number of nitrogens with one attached hydrogen (secondary N) is 1. The van der Waals surface area contributed by atoms with Gasteiger partial charge >= 0.3 is 5.97 Å². The standard InChI is InChI=1S/C15H22N2O3/c1-10-6-5-7-11(2)14(10)16-8-13(18)17(4)9-12(3)15(19)20/h5-7,12,16H,8-9H2,1-4H3,(H,19,20). The van der Waals surface area contributed by atoms with Gasteiger partial charge in [0, 0.05) is 19.3 Å². The maximum absolute atomic E-state index is 12.0. The molecule has 1 amide bonds. The van der Waals surface area contributed by atoms with Crippen LogP contribution in [0.4, 0.5) is 5.69 Å². The number of benzene rings is 1. The molecule has 1 aromatic carbocycles. The number of aryl methyl sites for hydroxylation is 2. The number of para-hydroxylation sites is 1. The van der Waals surface area contributed by atoms with Crippen molar-refractivity contribution < 1.29 is 14.7 Å². The number of nitrogens with zero attached hydrogens (tertiary/aromatic N) is 1. The topological polar surface area (TPSA) is 69.6 Å². The molecule has 0 bridgehead atoms. The number of hydrogen-bond donors (Lipinski definition) is 2. The smallest absolute Gasteiger partial charge is 0.308 e. The minimum Gasteiger partial charge on any atom is -0.481 e. The van der Waals surface area contributed by atoms with Crippen molar-refractivity contribution in [3.05, 3.63) is 29.3 Å². The van der Waals surface area contributed by atoms with E-state index in [4.69, 9.17) is 5.11 Å². The molecule has 0 fully saturated rings. The van der Waals surface area contributed by atoms with Gasteiger partial charge in [0.2, 0.25) is 5.91 Å². The van der Waals surface area contributed by atoms with Gasteiger partial charge < -0.3 is 15.3 Å². The van der Waals surface area contributed by atoms with Crippen molar-refractivity contribution in [1.82, 2.24) is 4.90 Å². The van der Waals surface area contributed by atoms with Gasteiger partial charge in [-0.05, 0) is 25.0 Å². The summed E-state index contributed by atoms with van der Waals surface area (Å²) < 4.78 is 0. The highest BCUT2D eigenvalue weighted by Gasteiger charge is 2.17. The van der Waals surface area contributed by atoms with Crippen molar-refractivity contribution in [1.29, 1.82) is 0 Å². The Balaban J connectivity index is 2.57. The molecule has 0 heterocycles. The van der Waals surface area contributed by atoms with Crippen molar-refractivity contribution in [2.75, 3.05) is 25.5 Å². The lowest BCUT2D eigenvalue weighted by molar-refractivity contribution is -0.142. The number of amides is 1. The molecule has 1 atom stereocenters. The van der Waals surface area contributed by atoms with Gasteiger partial charge in [-0.2, -0.15) is 0 Å². The Kier molecular flexibility index (Phi) is 5.55. The molecule has 0 aromatic heterocycles. The Morgan fingerprint density at radius 3 is 2.35 bits per heavy atom. The van der Waals surface area contributed by atoms with E-state index in [9.17, 15) is 9.59 Å². The first-order chi connectivity index (χ1) is 9.32. The average Bonchev–Trinajstić information content (AvgIpc) is 2.37. The van der Waals surface area contributed by atoms with Crippen molar-refractivity contribution >= 4 is 17.6 Å². The molecule has 1 unspecified atom stereocenters. The van der Waals surface area contributed by atoms with E-state index in [-0.39, 0.29) is 19.0 Å². The molecule has 0 saturated carbocycles. The molecule has 5 nitrogen and oxygen atoms in total. The van der Waals surface area contributed by atoms with Gasteiger partial charge in [-0.3, -0.25) is 9.59 Å². The lowest BCUT2D eigenvalue weighted by atomic mass is 10.1. The van der Waals surface area contributed by atoms with Crippen LogP contribution < -0.4 is 5.32 Å². The monoisotopic (exact) mass is 278 g/mol. The third-order valence-electron chi connectivity index (χ3n) is 3.29. The second-order valence-corrected chi connectivity index (χ2v) is 5.13. The highest BCUT2D eigenvalue weighted by molar-refractivity contribution is 5.82. The molecule has 20 heavy (non-hydrogen) atoms. The number of aliphatic carboxylic acids is 1. The fourth-order valence-corrected chi connectivity index (χ4v) is 1.98. The van der Waals surface area contributed by atoms with Gasteiger partial charge in [-0.1, -0.05) is 25.1 Å². The number of carbonyl (C=O) groups excluding carboxylic acids is 1. The van der Waals surface area contributed by atoms with Gasteiger partial charge in [0.15, 0.2) is 0 Å². The number of hydrogen-bond acceptors (Lipinski definition) is 3. The number of carboxylic acid groups (broad SMARTS) is 1. The van der Waals surface area contributed by atoms with Crippen molar-refractivity contribution in [3.8, 4) is 0 Å². The largest absolute Gasteiger partial charge is 0.481 e. The molecular formula is C15H22N2O3. The van der Waals surface area contributed by atoms with Crippen LogP contribution in [0.1, 0.15) is 18.1 Å². The van der Waals surface area contributed by atoms with E-state index in [1.54, 1.807) is 14.0 Å². The fourth-order valence-electron chi connectivity index (χ4n) is 1.98. The van der Waals surface area contributed by atoms with E-state index < -0.39 is 11.9 Å². The van der Waals surface area contributed by atoms with Crippen LogP contribution in [-0.4, -0.2) is 42.0 Å². The fraction of sp³-hybridized carbons (Fsp3) is 0.467. The number of anilines is 1. The van der Waals surface area contributed by atoms with Crippen molar-refractivity contribution in [2.45, 2.75) is 20.8 Å². The summed E-state index contributed by atoms with van der Waals surface area (Å²) in [7, 11) is 1.62.